The van der Waals surface area contributed by atoms with Crippen LogP contribution in [0, 0.1) is 13.8 Å². The lowest BCUT2D eigenvalue weighted by Gasteiger charge is -2.27. The van der Waals surface area contributed by atoms with Crippen LogP contribution in [-0.4, -0.2) is 22.2 Å². The minimum Gasteiger partial charge on any atom is -0.369 e. The molecule has 1 unspecified atom stereocenters. The van der Waals surface area contributed by atoms with Gasteiger partial charge >= 0.3 is 0 Å². The van der Waals surface area contributed by atoms with Gasteiger partial charge < -0.3 is 11.1 Å². The Balaban J connectivity index is 2.08. The van der Waals surface area contributed by atoms with Gasteiger partial charge in [0.25, 0.3) is 5.91 Å². The van der Waals surface area contributed by atoms with E-state index in [0.29, 0.717) is 5.56 Å². The molecule has 1 amide bonds. The van der Waals surface area contributed by atoms with E-state index in [-0.39, 0.29) is 6.04 Å². The van der Waals surface area contributed by atoms with Crippen LogP contribution in [0.2, 0.25) is 0 Å². The van der Waals surface area contributed by atoms with Gasteiger partial charge in [-0.2, -0.15) is 5.10 Å². The van der Waals surface area contributed by atoms with Crippen LogP contribution >= 0.6 is 0 Å². The molecular weight excluding hydrogens is 252 g/mol. The smallest absolute Gasteiger partial charge is 0.254 e. The molecule has 1 aromatic carbocycles. The predicted octanol–water partition coefficient (Wildman–Crippen LogP) is 2.00. The molecule has 3 rings (SSSR count). The number of anilines is 1. The Hall–Kier alpha value is -2.30. The quantitative estimate of drug-likeness (QED) is 0.876. The number of amides is 1. The summed E-state index contributed by atoms with van der Waals surface area (Å²) in [7, 11) is 0. The molecule has 2 heterocycles. The number of aryl methyl sites for hydroxylation is 2. The van der Waals surface area contributed by atoms with Crippen molar-refractivity contribution in [3.05, 3.63) is 46.6 Å². The average molecular weight is 270 g/mol. The van der Waals surface area contributed by atoms with Gasteiger partial charge in [-0.25, -0.2) is 4.68 Å². The summed E-state index contributed by atoms with van der Waals surface area (Å²) < 4.78 is 1.87. The van der Waals surface area contributed by atoms with Crippen molar-refractivity contribution < 1.29 is 4.79 Å². The Kier molecular flexibility index (Phi) is 2.97. The fourth-order valence-corrected chi connectivity index (χ4v) is 2.91. The lowest BCUT2D eigenvalue weighted by Crippen LogP contribution is -2.26. The average Bonchev–Trinajstić information content (AvgIpc) is 2.81. The first kappa shape index (κ1) is 12.7. The molecule has 104 valence electrons. The maximum absolute atomic E-state index is 11.4. The summed E-state index contributed by atoms with van der Waals surface area (Å²) in [5.74, 6) is 0.285. The molecule has 1 aromatic heterocycles. The van der Waals surface area contributed by atoms with Crippen LogP contribution in [0.4, 0.5) is 5.82 Å². The van der Waals surface area contributed by atoms with E-state index in [1.54, 1.807) is 6.20 Å². The maximum Gasteiger partial charge on any atom is 0.254 e. The molecule has 0 bridgehead atoms. The third-order valence-corrected chi connectivity index (χ3v) is 3.70. The van der Waals surface area contributed by atoms with Crippen molar-refractivity contribution in [1.29, 1.82) is 0 Å². The Bertz CT molecular complexity index is 654. The van der Waals surface area contributed by atoms with E-state index in [9.17, 15) is 4.79 Å². The zero-order chi connectivity index (χ0) is 14.3. The van der Waals surface area contributed by atoms with Gasteiger partial charge in [-0.1, -0.05) is 29.3 Å². The molecule has 2 aromatic rings. The number of carbonyl (C=O) groups is 1. The first-order valence-corrected chi connectivity index (χ1v) is 6.75. The molecule has 20 heavy (non-hydrogen) atoms. The molecule has 5 heteroatoms. The van der Waals surface area contributed by atoms with Gasteiger partial charge in [0.2, 0.25) is 0 Å². The summed E-state index contributed by atoms with van der Waals surface area (Å²) in [5, 5.41) is 7.57. The first-order valence-electron chi connectivity index (χ1n) is 6.75. The highest BCUT2D eigenvalue weighted by Crippen LogP contribution is 2.31. The SMILES string of the molecule is Cc1cc(C)cc(C2CCNc3c(C(N)=O)cnn32)c1. The number of nitrogens with zero attached hydrogens (tertiary/aromatic N) is 2. The monoisotopic (exact) mass is 270 g/mol. The zero-order valence-corrected chi connectivity index (χ0v) is 11.7. The van der Waals surface area contributed by atoms with Crippen LogP contribution in [0.25, 0.3) is 0 Å². The Morgan fingerprint density at radius 2 is 2.05 bits per heavy atom. The lowest BCUT2D eigenvalue weighted by molar-refractivity contribution is 0.100. The summed E-state index contributed by atoms with van der Waals surface area (Å²) in [4.78, 5) is 11.4. The fourth-order valence-electron chi connectivity index (χ4n) is 2.91. The fraction of sp³-hybridized carbons (Fsp3) is 0.333. The summed E-state index contributed by atoms with van der Waals surface area (Å²) in [5.41, 5.74) is 9.54. The van der Waals surface area contributed by atoms with Gasteiger partial charge in [0, 0.05) is 6.54 Å². The van der Waals surface area contributed by atoms with Gasteiger partial charge in [0.1, 0.15) is 11.4 Å². The number of nitrogens with two attached hydrogens (primary N) is 1. The second-order valence-electron chi connectivity index (χ2n) is 5.37. The number of hydrogen-bond acceptors (Lipinski definition) is 3. The number of nitrogens with one attached hydrogen (secondary N) is 1. The molecule has 3 N–H and O–H groups in total. The third-order valence-electron chi connectivity index (χ3n) is 3.70. The molecule has 5 nitrogen and oxygen atoms in total. The lowest BCUT2D eigenvalue weighted by atomic mass is 9.98. The Morgan fingerprint density at radius 3 is 2.70 bits per heavy atom. The predicted molar refractivity (Wildman–Crippen MR) is 77.9 cm³/mol. The van der Waals surface area contributed by atoms with Crippen molar-refractivity contribution in [3.8, 4) is 0 Å². The summed E-state index contributed by atoms with van der Waals surface area (Å²) in [6.45, 7) is 5.00. The van der Waals surface area contributed by atoms with Crippen molar-refractivity contribution in [2.75, 3.05) is 11.9 Å². The normalized spacial score (nSPS) is 17.4. The summed E-state index contributed by atoms with van der Waals surface area (Å²) >= 11 is 0. The van der Waals surface area contributed by atoms with Crippen molar-refractivity contribution in [2.45, 2.75) is 26.3 Å². The van der Waals surface area contributed by atoms with Gasteiger partial charge in [-0.05, 0) is 25.8 Å². The van der Waals surface area contributed by atoms with Crippen LogP contribution in [-0.2, 0) is 0 Å². The highest BCUT2D eigenvalue weighted by atomic mass is 16.1. The summed E-state index contributed by atoms with van der Waals surface area (Å²) in [6.07, 6.45) is 2.49. The van der Waals surface area contributed by atoms with Crippen LogP contribution < -0.4 is 11.1 Å². The molecule has 0 fully saturated rings. The van der Waals surface area contributed by atoms with Gasteiger partial charge in [-0.15, -0.1) is 0 Å². The van der Waals surface area contributed by atoms with E-state index in [0.717, 1.165) is 18.8 Å². The molecule has 0 aliphatic carbocycles. The second-order valence-corrected chi connectivity index (χ2v) is 5.37. The molecule has 0 saturated heterocycles. The van der Waals surface area contributed by atoms with Crippen molar-refractivity contribution >= 4 is 11.7 Å². The van der Waals surface area contributed by atoms with E-state index >= 15 is 0 Å². The standard InChI is InChI=1S/C15H18N4O/c1-9-5-10(2)7-11(6-9)13-3-4-17-15-12(14(16)20)8-18-19(13)15/h5-8,13,17H,3-4H2,1-2H3,(H2,16,20). The first-order chi connectivity index (χ1) is 9.56. The van der Waals surface area contributed by atoms with E-state index in [4.69, 9.17) is 5.73 Å². The van der Waals surface area contributed by atoms with E-state index in [1.165, 1.54) is 16.7 Å². The maximum atomic E-state index is 11.4. The molecule has 0 spiro atoms. The van der Waals surface area contributed by atoms with Gasteiger partial charge in [0.15, 0.2) is 0 Å². The van der Waals surface area contributed by atoms with Crippen LogP contribution in [0.1, 0.15) is 39.5 Å². The number of carbonyl (C=O) groups excluding carboxylic acids is 1. The summed E-state index contributed by atoms with van der Waals surface area (Å²) in [6, 6.07) is 6.66. The zero-order valence-electron chi connectivity index (χ0n) is 11.7. The van der Waals surface area contributed by atoms with Crippen molar-refractivity contribution in [3.63, 3.8) is 0 Å². The number of primary amides is 1. The largest absolute Gasteiger partial charge is 0.369 e. The molecule has 0 saturated carbocycles. The van der Waals surface area contributed by atoms with Crippen LogP contribution in [0.3, 0.4) is 0 Å². The molecular formula is C15H18N4O. The van der Waals surface area contributed by atoms with Gasteiger partial charge in [-0.3, -0.25) is 4.79 Å². The van der Waals surface area contributed by atoms with E-state index in [1.807, 2.05) is 4.68 Å². The highest BCUT2D eigenvalue weighted by molar-refractivity contribution is 5.97. The number of aromatic nitrogens is 2. The second kappa shape index (κ2) is 4.67. The van der Waals surface area contributed by atoms with Crippen molar-refractivity contribution in [2.24, 2.45) is 5.73 Å². The van der Waals surface area contributed by atoms with Crippen LogP contribution in [0.15, 0.2) is 24.4 Å². The topological polar surface area (TPSA) is 72.9 Å². The Labute approximate surface area is 117 Å². The number of fused-ring (bicyclic) bond motifs is 1. The van der Waals surface area contributed by atoms with Crippen LogP contribution in [0.5, 0.6) is 0 Å². The molecule has 1 aliphatic heterocycles. The minimum absolute atomic E-state index is 0.151. The number of rotatable bonds is 2. The molecule has 0 radical (unpaired) electrons. The highest BCUT2D eigenvalue weighted by Gasteiger charge is 2.26. The van der Waals surface area contributed by atoms with E-state index in [2.05, 4.69) is 42.5 Å². The van der Waals surface area contributed by atoms with E-state index < -0.39 is 5.91 Å². The minimum atomic E-state index is -0.445. The van der Waals surface area contributed by atoms with Gasteiger partial charge in [0.05, 0.1) is 12.2 Å². The molecule has 1 atom stereocenters. The van der Waals surface area contributed by atoms with Crippen molar-refractivity contribution in [1.82, 2.24) is 9.78 Å². The number of hydrogen-bond donors (Lipinski definition) is 2. The molecule has 1 aliphatic rings. The third kappa shape index (κ3) is 2.05. The Morgan fingerprint density at radius 1 is 1.35 bits per heavy atom. The number of benzene rings is 1.